The Labute approximate surface area is 110 Å². The number of nitrogens with one attached hydrogen (secondary N) is 1. The van der Waals surface area contributed by atoms with Gasteiger partial charge < -0.3 is 27.2 Å². The summed E-state index contributed by atoms with van der Waals surface area (Å²) in [5.41, 5.74) is 0.888. The normalized spacial score (nSPS) is 12.1. The summed E-state index contributed by atoms with van der Waals surface area (Å²) >= 11 is 0. The van der Waals surface area contributed by atoms with Crippen LogP contribution in [-0.2, 0) is 0 Å². The second kappa shape index (κ2) is 8.34. The topological polar surface area (TPSA) is 33.9 Å². The third kappa shape index (κ3) is 5.39. The van der Waals surface area contributed by atoms with E-state index in [-0.39, 0.29) is 12.4 Å². The Balaban J connectivity index is 0.00000256. The zero-order valence-electron chi connectivity index (χ0n) is 10.7. The Hall–Kier alpha value is -0.770. The lowest BCUT2D eigenvalue weighted by molar-refractivity contribution is -0.858. The van der Waals surface area contributed by atoms with Crippen LogP contribution in [-0.4, -0.2) is 32.4 Å². The van der Waals surface area contributed by atoms with Crippen LogP contribution in [0.5, 0.6) is 5.75 Å². The van der Waals surface area contributed by atoms with E-state index in [9.17, 15) is 5.11 Å². The summed E-state index contributed by atoms with van der Waals surface area (Å²) in [6.07, 6.45) is 0.280. The second-order valence-electron chi connectivity index (χ2n) is 4.27. The fraction of sp³-hybridized carbons (Fsp3) is 0.538. The monoisotopic (exact) mass is 259 g/mol. The highest BCUT2D eigenvalue weighted by molar-refractivity contribution is 5.34. The standard InChI is InChI=1S/C13H21NO2.ClH/c1-4-12(15)11-7-5-6-8-13(11)16-10-9-14(2)3;/h5-8,12,15H,4,9-10H2,1-3H3;1H. The maximum atomic E-state index is 9.83. The van der Waals surface area contributed by atoms with Gasteiger partial charge in [-0.25, -0.2) is 0 Å². The molecule has 0 spiro atoms. The number of benzene rings is 1. The molecular weight excluding hydrogens is 238 g/mol. The molecule has 0 aromatic heterocycles. The van der Waals surface area contributed by atoms with Crippen LogP contribution in [0.3, 0.4) is 0 Å². The molecule has 2 N–H and O–H groups in total. The minimum atomic E-state index is -0.428. The number of quaternary nitrogens is 1. The maximum absolute atomic E-state index is 9.83. The predicted octanol–water partition coefficient (Wildman–Crippen LogP) is -2.34. The minimum Gasteiger partial charge on any atom is -1.00 e. The largest absolute Gasteiger partial charge is 1.00 e. The van der Waals surface area contributed by atoms with Gasteiger partial charge in [0.1, 0.15) is 18.9 Å². The van der Waals surface area contributed by atoms with Crippen molar-refractivity contribution in [1.29, 1.82) is 0 Å². The van der Waals surface area contributed by atoms with E-state index < -0.39 is 6.10 Å². The molecule has 1 rings (SSSR count). The molecule has 98 valence electrons. The number of aliphatic hydroxyl groups excluding tert-OH is 1. The Morgan fingerprint density at radius 1 is 1.29 bits per heavy atom. The number of aliphatic hydroxyl groups is 1. The molecule has 1 atom stereocenters. The number of hydrogen-bond donors (Lipinski definition) is 2. The molecule has 0 fully saturated rings. The van der Waals surface area contributed by atoms with Gasteiger partial charge in [-0.3, -0.25) is 0 Å². The molecule has 1 aromatic rings. The van der Waals surface area contributed by atoms with Crippen LogP contribution in [0.15, 0.2) is 24.3 Å². The quantitative estimate of drug-likeness (QED) is 0.600. The molecule has 0 aliphatic carbocycles. The van der Waals surface area contributed by atoms with Gasteiger partial charge in [-0.15, -0.1) is 0 Å². The van der Waals surface area contributed by atoms with Crippen LogP contribution in [0.2, 0.25) is 0 Å². The highest BCUT2D eigenvalue weighted by atomic mass is 35.5. The molecule has 0 aliphatic rings. The molecule has 1 aromatic carbocycles. The molecule has 1 unspecified atom stereocenters. The lowest BCUT2D eigenvalue weighted by Crippen LogP contribution is -3.06. The van der Waals surface area contributed by atoms with E-state index in [2.05, 4.69) is 14.1 Å². The van der Waals surface area contributed by atoms with Gasteiger partial charge in [0.25, 0.3) is 0 Å². The van der Waals surface area contributed by atoms with Crippen LogP contribution < -0.4 is 22.0 Å². The van der Waals surface area contributed by atoms with Gasteiger partial charge in [-0.1, -0.05) is 25.1 Å². The molecule has 0 saturated carbocycles. The summed E-state index contributed by atoms with van der Waals surface area (Å²) in [5.74, 6) is 0.804. The first-order chi connectivity index (χ1) is 7.65. The average Bonchev–Trinajstić information content (AvgIpc) is 2.28. The molecule has 0 amide bonds. The molecule has 0 heterocycles. The zero-order chi connectivity index (χ0) is 12.0. The number of rotatable bonds is 6. The van der Waals surface area contributed by atoms with Crippen molar-refractivity contribution in [2.45, 2.75) is 19.4 Å². The Morgan fingerprint density at radius 3 is 2.53 bits per heavy atom. The first-order valence-corrected chi connectivity index (χ1v) is 5.84. The van der Waals surface area contributed by atoms with Gasteiger partial charge in [0.15, 0.2) is 0 Å². The van der Waals surface area contributed by atoms with Gasteiger partial charge in [-0.05, 0) is 12.5 Å². The van der Waals surface area contributed by atoms with E-state index >= 15 is 0 Å². The smallest absolute Gasteiger partial charge is 0.137 e. The van der Waals surface area contributed by atoms with Crippen molar-refractivity contribution in [2.24, 2.45) is 0 Å². The summed E-state index contributed by atoms with van der Waals surface area (Å²) < 4.78 is 5.69. The number of halogens is 1. The van der Waals surface area contributed by atoms with E-state index in [0.717, 1.165) is 17.9 Å². The number of ether oxygens (including phenoxy) is 1. The van der Waals surface area contributed by atoms with Gasteiger partial charge in [0, 0.05) is 5.56 Å². The Morgan fingerprint density at radius 2 is 1.94 bits per heavy atom. The summed E-state index contributed by atoms with van der Waals surface area (Å²) in [6.45, 7) is 3.59. The molecule has 0 aliphatic heterocycles. The van der Waals surface area contributed by atoms with Crippen LogP contribution in [0.25, 0.3) is 0 Å². The molecule has 0 bridgehead atoms. The van der Waals surface area contributed by atoms with E-state index in [1.165, 1.54) is 4.90 Å². The number of likely N-dealkylation sites (N-methyl/N-ethyl adjacent to an activating group) is 1. The molecular formula is C13H22ClNO2. The minimum absolute atomic E-state index is 0. The first kappa shape index (κ1) is 16.2. The fourth-order valence-corrected chi connectivity index (χ4v) is 1.47. The van der Waals surface area contributed by atoms with Crippen molar-refractivity contribution in [3.63, 3.8) is 0 Å². The van der Waals surface area contributed by atoms with E-state index in [4.69, 9.17) is 4.74 Å². The van der Waals surface area contributed by atoms with Crippen molar-refractivity contribution in [2.75, 3.05) is 27.2 Å². The van der Waals surface area contributed by atoms with Crippen LogP contribution in [0.4, 0.5) is 0 Å². The third-order valence-electron chi connectivity index (χ3n) is 2.52. The lowest BCUT2D eigenvalue weighted by atomic mass is 10.1. The van der Waals surface area contributed by atoms with Gasteiger partial charge >= 0.3 is 0 Å². The summed E-state index contributed by atoms with van der Waals surface area (Å²) in [4.78, 5) is 1.36. The zero-order valence-corrected chi connectivity index (χ0v) is 11.5. The van der Waals surface area contributed by atoms with Crippen LogP contribution in [0, 0.1) is 0 Å². The number of para-hydroxylation sites is 1. The van der Waals surface area contributed by atoms with Crippen molar-refractivity contribution in [3.8, 4) is 5.75 Å². The van der Waals surface area contributed by atoms with Gasteiger partial charge in [0.2, 0.25) is 0 Å². The van der Waals surface area contributed by atoms with Crippen molar-refractivity contribution in [3.05, 3.63) is 29.8 Å². The van der Waals surface area contributed by atoms with Gasteiger partial charge in [0.05, 0.1) is 20.2 Å². The average molecular weight is 260 g/mol. The SMILES string of the molecule is CCC(O)c1ccccc1OCC[NH+](C)C.[Cl-]. The molecule has 3 nitrogen and oxygen atoms in total. The lowest BCUT2D eigenvalue weighted by Gasteiger charge is -2.15. The fourth-order valence-electron chi connectivity index (χ4n) is 1.47. The Kier molecular flexibility index (Phi) is 7.96. The summed E-state index contributed by atoms with van der Waals surface area (Å²) in [5, 5.41) is 9.83. The highest BCUT2D eigenvalue weighted by Gasteiger charge is 2.10. The number of hydrogen-bond acceptors (Lipinski definition) is 2. The van der Waals surface area contributed by atoms with Crippen molar-refractivity contribution < 1.29 is 27.2 Å². The van der Waals surface area contributed by atoms with E-state index in [1.54, 1.807) is 0 Å². The predicted molar refractivity (Wildman–Crippen MR) is 64.9 cm³/mol. The first-order valence-electron chi connectivity index (χ1n) is 5.84. The van der Waals surface area contributed by atoms with E-state index in [1.807, 2.05) is 31.2 Å². The molecule has 0 radical (unpaired) electrons. The van der Waals surface area contributed by atoms with Crippen LogP contribution in [0.1, 0.15) is 25.0 Å². The van der Waals surface area contributed by atoms with Crippen molar-refractivity contribution in [1.82, 2.24) is 0 Å². The van der Waals surface area contributed by atoms with E-state index in [0.29, 0.717) is 13.0 Å². The van der Waals surface area contributed by atoms with Gasteiger partial charge in [-0.2, -0.15) is 0 Å². The molecule has 17 heavy (non-hydrogen) atoms. The summed E-state index contributed by atoms with van der Waals surface area (Å²) in [6, 6.07) is 7.70. The second-order valence-corrected chi connectivity index (χ2v) is 4.27. The third-order valence-corrected chi connectivity index (χ3v) is 2.52. The maximum Gasteiger partial charge on any atom is 0.137 e. The van der Waals surface area contributed by atoms with Crippen molar-refractivity contribution >= 4 is 0 Å². The summed E-state index contributed by atoms with van der Waals surface area (Å²) in [7, 11) is 4.19. The highest BCUT2D eigenvalue weighted by Crippen LogP contribution is 2.26. The molecule has 4 heteroatoms. The molecule has 0 saturated heterocycles. The van der Waals surface area contributed by atoms with Crippen LogP contribution >= 0.6 is 0 Å². The Bertz CT molecular complexity index is 318.